The molecule has 142 valence electrons. The second kappa shape index (κ2) is 8.95. The molecular weight excluding hydrogens is 356 g/mol. The summed E-state index contributed by atoms with van der Waals surface area (Å²) >= 11 is 0. The Kier molecular flexibility index (Phi) is 5.73. The van der Waals surface area contributed by atoms with Gasteiger partial charge >= 0.3 is 0 Å². The topological polar surface area (TPSA) is 36.1 Å². The van der Waals surface area contributed by atoms with Gasteiger partial charge in [-0.1, -0.05) is 66.6 Å². The van der Waals surface area contributed by atoms with Gasteiger partial charge in [-0.05, 0) is 41.8 Å². The molecule has 3 heteroatoms. The summed E-state index contributed by atoms with van der Waals surface area (Å²) < 4.78 is 0. The molecule has 0 aliphatic rings. The molecule has 1 N–H and O–H groups in total. The molecule has 4 aromatic rings. The Bertz CT molecular complexity index is 1150. The third-order valence-electron chi connectivity index (χ3n) is 4.88. The first-order valence-corrected chi connectivity index (χ1v) is 9.74. The summed E-state index contributed by atoms with van der Waals surface area (Å²) in [6.07, 6.45) is 2.70. The lowest BCUT2D eigenvalue weighted by molar-refractivity contribution is -0.125. The van der Waals surface area contributed by atoms with Gasteiger partial charge in [-0.2, -0.15) is 0 Å². The Morgan fingerprint density at radius 3 is 2.34 bits per heavy atom. The van der Waals surface area contributed by atoms with Crippen molar-refractivity contribution in [1.82, 2.24) is 9.88 Å². The third-order valence-corrected chi connectivity index (χ3v) is 4.88. The smallest absolute Gasteiger partial charge is 0.299 e. The molecule has 0 unspecified atom stereocenters. The largest absolute Gasteiger partial charge is 0.361 e. The summed E-state index contributed by atoms with van der Waals surface area (Å²) in [4.78, 5) is 17.9. The van der Waals surface area contributed by atoms with Crippen molar-refractivity contribution in [2.45, 2.75) is 13.0 Å². The molecule has 0 aliphatic heterocycles. The van der Waals surface area contributed by atoms with Gasteiger partial charge in [0.1, 0.15) is 0 Å². The van der Waals surface area contributed by atoms with E-state index in [0.29, 0.717) is 13.1 Å². The second-order valence-electron chi connectivity index (χ2n) is 6.98. The Hall–Kier alpha value is -3.77. The van der Waals surface area contributed by atoms with Crippen molar-refractivity contribution in [2.75, 3.05) is 6.54 Å². The molecule has 0 aliphatic carbocycles. The van der Waals surface area contributed by atoms with Crippen molar-refractivity contribution < 1.29 is 4.79 Å². The number of hydrogen-bond donors (Lipinski definition) is 1. The van der Waals surface area contributed by atoms with Crippen molar-refractivity contribution >= 4 is 16.8 Å². The quantitative estimate of drug-likeness (QED) is 0.498. The van der Waals surface area contributed by atoms with Gasteiger partial charge in [-0.15, -0.1) is 0 Å². The van der Waals surface area contributed by atoms with E-state index in [4.69, 9.17) is 0 Å². The average molecular weight is 378 g/mol. The van der Waals surface area contributed by atoms with Crippen LogP contribution in [-0.4, -0.2) is 22.3 Å². The van der Waals surface area contributed by atoms with Crippen molar-refractivity contribution in [2.24, 2.45) is 0 Å². The molecule has 29 heavy (non-hydrogen) atoms. The van der Waals surface area contributed by atoms with Gasteiger partial charge in [-0.3, -0.25) is 4.79 Å². The van der Waals surface area contributed by atoms with Crippen LogP contribution in [0.25, 0.3) is 10.9 Å². The van der Waals surface area contributed by atoms with E-state index in [-0.39, 0.29) is 5.91 Å². The minimum Gasteiger partial charge on any atom is -0.361 e. The number of nitrogens with zero attached hydrogens (tertiary/aromatic N) is 1. The van der Waals surface area contributed by atoms with E-state index in [2.05, 4.69) is 29.0 Å². The minimum absolute atomic E-state index is 0.154. The maximum absolute atomic E-state index is 12.9. The zero-order chi connectivity index (χ0) is 19.9. The number of fused-ring (bicyclic) bond motifs is 1. The monoisotopic (exact) mass is 378 g/mol. The van der Waals surface area contributed by atoms with E-state index in [1.165, 1.54) is 5.56 Å². The van der Waals surface area contributed by atoms with Crippen LogP contribution in [0, 0.1) is 11.8 Å². The lowest BCUT2D eigenvalue weighted by Gasteiger charge is -2.20. The molecule has 0 spiro atoms. The number of benzene rings is 3. The number of amides is 1. The van der Waals surface area contributed by atoms with Crippen LogP contribution in [0.15, 0.2) is 91.1 Å². The van der Waals surface area contributed by atoms with E-state index in [0.717, 1.165) is 28.5 Å². The third kappa shape index (κ3) is 4.94. The fraction of sp³-hybridized carbons (Fsp3) is 0.115. The molecule has 4 rings (SSSR count). The molecule has 1 aromatic heterocycles. The highest BCUT2D eigenvalue weighted by atomic mass is 16.2. The Morgan fingerprint density at radius 1 is 0.862 bits per heavy atom. The van der Waals surface area contributed by atoms with E-state index in [1.54, 1.807) is 0 Å². The first-order valence-electron chi connectivity index (χ1n) is 9.74. The molecule has 1 heterocycles. The van der Waals surface area contributed by atoms with E-state index >= 15 is 0 Å². The molecule has 3 aromatic carbocycles. The highest BCUT2D eigenvalue weighted by Gasteiger charge is 2.12. The standard InChI is InChI=1S/C26H22N2O/c29-26(14-12-22-11-13-25-24(19-22)15-17-27-25)28(20-23-9-5-2-6-10-23)18-16-21-7-3-1-4-8-21/h1-11,13,15,17,19,27H,16,18,20H2. The number of aromatic amines is 1. The number of carbonyl (C=O) groups excluding carboxylic acids is 1. The zero-order valence-corrected chi connectivity index (χ0v) is 16.1. The zero-order valence-electron chi connectivity index (χ0n) is 16.1. The van der Waals surface area contributed by atoms with Crippen LogP contribution in [0.2, 0.25) is 0 Å². The molecule has 0 atom stereocenters. The van der Waals surface area contributed by atoms with Gasteiger partial charge in [0.15, 0.2) is 0 Å². The second-order valence-corrected chi connectivity index (χ2v) is 6.98. The van der Waals surface area contributed by atoms with Gasteiger partial charge in [0.25, 0.3) is 5.91 Å². The van der Waals surface area contributed by atoms with Crippen LogP contribution >= 0.6 is 0 Å². The minimum atomic E-state index is -0.154. The van der Waals surface area contributed by atoms with E-state index < -0.39 is 0 Å². The van der Waals surface area contributed by atoms with Gasteiger partial charge < -0.3 is 9.88 Å². The Labute approximate surface area is 171 Å². The maximum Gasteiger partial charge on any atom is 0.299 e. The summed E-state index contributed by atoms with van der Waals surface area (Å²) in [6, 6.07) is 28.2. The predicted molar refractivity (Wildman–Crippen MR) is 117 cm³/mol. The van der Waals surface area contributed by atoms with Crippen LogP contribution in [0.1, 0.15) is 16.7 Å². The number of aromatic nitrogens is 1. The predicted octanol–water partition coefficient (Wildman–Crippen LogP) is 4.79. The van der Waals surface area contributed by atoms with Crippen LogP contribution in [0.3, 0.4) is 0 Å². The highest BCUT2D eigenvalue weighted by Crippen LogP contribution is 2.13. The van der Waals surface area contributed by atoms with Crippen LogP contribution in [0.5, 0.6) is 0 Å². The summed E-state index contributed by atoms with van der Waals surface area (Å²) in [5.41, 5.74) is 4.22. The Balaban J connectivity index is 1.51. The summed E-state index contributed by atoms with van der Waals surface area (Å²) in [5.74, 6) is 5.72. The average Bonchev–Trinajstić information content (AvgIpc) is 3.24. The fourth-order valence-corrected chi connectivity index (χ4v) is 3.30. The SMILES string of the molecule is O=C(C#Cc1ccc2[nH]ccc2c1)N(CCc1ccccc1)Cc1ccccc1. The molecule has 0 saturated heterocycles. The molecule has 3 nitrogen and oxygen atoms in total. The maximum atomic E-state index is 12.9. The van der Waals surface area contributed by atoms with Gasteiger partial charge in [0.2, 0.25) is 0 Å². The number of hydrogen-bond acceptors (Lipinski definition) is 1. The van der Waals surface area contributed by atoms with Crippen LogP contribution < -0.4 is 0 Å². The van der Waals surface area contributed by atoms with Crippen molar-refractivity contribution in [3.05, 3.63) is 108 Å². The summed E-state index contributed by atoms with van der Waals surface area (Å²) in [7, 11) is 0. The summed E-state index contributed by atoms with van der Waals surface area (Å²) in [5, 5.41) is 1.09. The summed E-state index contributed by atoms with van der Waals surface area (Å²) in [6.45, 7) is 1.18. The van der Waals surface area contributed by atoms with E-state index in [1.807, 2.05) is 83.9 Å². The van der Waals surface area contributed by atoms with E-state index in [9.17, 15) is 4.79 Å². The van der Waals surface area contributed by atoms with Gasteiger partial charge in [-0.25, -0.2) is 0 Å². The Morgan fingerprint density at radius 2 is 1.59 bits per heavy atom. The number of nitrogens with one attached hydrogen (secondary N) is 1. The van der Waals surface area contributed by atoms with Crippen LogP contribution in [0.4, 0.5) is 0 Å². The lowest BCUT2D eigenvalue weighted by atomic mass is 10.1. The molecule has 0 bridgehead atoms. The molecule has 0 saturated carbocycles. The normalized spacial score (nSPS) is 10.3. The molecule has 0 radical (unpaired) electrons. The first kappa shape index (κ1) is 18.6. The molecule has 1 amide bonds. The van der Waals surface area contributed by atoms with Crippen molar-refractivity contribution in [3.8, 4) is 11.8 Å². The fourth-order valence-electron chi connectivity index (χ4n) is 3.30. The molecular formula is C26H22N2O. The van der Waals surface area contributed by atoms with Gasteiger partial charge in [0, 0.05) is 41.7 Å². The lowest BCUT2D eigenvalue weighted by Crippen LogP contribution is -2.31. The number of H-pyrrole nitrogens is 1. The molecule has 0 fully saturated rings. The first-order chi connectivity index (χ1) is 14.3. The van der Waals surface area contributed by atoms with Crippen LogP contribution in [-0.2, 0) is 17.8 Å². The number of rotatable bonds is 5. The van der Waals surface area contributed by atoms with Crippen molar-refractivity contribution in [3.63, 3.8) is 0 Å². The van der Waals surface area contributed by atoms with Gasteiger partial charge in [0.05, 0.1) is 0 Å². The highest BCUT2D eigenvalue weighted by molar-refractivity contribution is 5.94. The van der Waals surface area contributed by atoms with Crippen molar-refractivity contribution in [1.29, 1.82) is 0 Å². The number of carbonyl (C=O) groups is 1.